The van der Waals surface area contributed by atoms with Gasteiger partial charge in [-0.15, -0.1) is 11.3 Å². The number of carbonyl (C=O) groups is 1. The SMILES string of the molecule is O=C(NC(CO)Cc1ccccc1)c1cc2c(s1)CCOC2. The molecule has 0 bridgehead atoms. The van der Waals surface area contributed by atoms with E-state index >= 15 is 0 Å². The van der Waals surface area contributed by atoms with E-state index in [9.17, 15) is 9.90 Å². The number of carbonyl (C=O) groups excluding carboxylic acids is 1. The van der Waals surface area contributed by atoms with Gasteiger partial charge in [-0.1, -0.05) is 30.3 Å². The van der Waals surface area contributed by atoms with Crippen molar-refractivity contribution in [3.8, 4) is 0 Å². The minimum absolute atomic E-state index is 0.0746. The second-order valence-corrected chi connectivity index (χ2v) is 6.54. The molecule has 116 valence electrons. The Balaban J connectivity index is 1.65. The van der Waals surface area contributed by atoms with Gasteiger partial charge in [0.2, 0.25) is 0 Å². The Morgan fingerprint density at radius 1 is 1.36 bits per heavy atom. The summed E-state index contributed by atoms with van der Waals surface area (Å²) < 4.78 is 5.41. The van der Waals surface area contributed by atoms with E-state index in [2.05, 4.69) is 5.32 Å². The van der Waals surface area contributed by atoms with Crippen LogP contribution in [0.2, 0.25) is 0 Å². The van der Waals surface area contributed by atoms with Crippen LogP contribution in [0.1, 0.15) is 25.7 Å². The molecule has 1 aliphatic rings. The van der Waals surface area contributed by atoms with E-state index in [0.29, 0.717) is 17.9 Å². The topological polar surface area (TPSA) is 58.6 Å². The van der Waals surface area contributed by atoms with Crippen LogP contribution in [0, 0.1) is 0 Å². The van der Waals surface area contributed by atoms with Gasteiger partial charge >= 0.3 is 0 Å². The highest BCUT2D eigenvalue weighted by Gasteiger charge is 2.19. The maximum Gasteiger partial charge on any atom is 0.261 e. The molecule has 0 radical (unpaired) electrons. The first kappa shape index (κ1) is 15.2. The predicted molar refractivity (Wildman–Crippen MR) is 86.2 cm³/mol. The van der Waals surface area contributed by atoms with Gasteiger partial charge in [0.1, 0.15) is 0 Å². The van der Waals surface area contributed by atoms with E-state index in [1.807, 2.05) is 36.4 Å². The number of aliphatic hydroxyl groups is 1. The highest BCUT2D eigenvalue weighted by atomic mass is 32.1. The Hall–Kier alpha value is -1.69. The summed E-state index contributed by atoms with van der Waals surface area (Å²) in [5.74, 6) is -0.116. The third kappa shape index (κ3) is 3.55. The zero-order valence-corrected chi connectivity index (χ0v) is 13.1. The van der Waals surface area contributed by atoms with Crippen LogP contribution in [0.4, 0.5) is 0 Å². The van der Waals surface area contributed by atoms with Gasteiger partial charge in [0.15, 0.2) is 0 Å². The van der Waals surface area contributed by atoms with Gasteiger partial charge in [-0.05, 0) is 23.6 Å². The molecule has 1 aromatic heterocycles. The molecule has 2 N–H and O–H groups in total. The number of amides is 1. The molecular weight excluding hydrogens is 298 g/mol. The molecule has 0 aliphatic carbocycles. The van der Waals surface area contributed by atoms with Crippen LogP contribution in [0.25, 0.3) is 0 Å². The largest absolute Gasteiger partial charge is 0.394 e. The van der Waals surface area contributed by atoms with E-state index in [-0.39, 0.29) is 18.6 Å². The van der Waals surface area contributed by atoms with Gasteiger partial charge < -0.3 is 15.2 Å². The van der Waals surface area contributed by atoms with Crippen LogP contribution in [-0.2, 0) is 24.2 Å². The lowest BCUT2D eigenvalue weighted by atomic mass is 10.1. The summed E-state index contributed by atoms with van der Waals surface area (Å²) in [4.78, 5) is 14.3. The van der Waals surface area contributed by atoms with Gasteiger partial charge in [-0.2, -0.15) is 0 Å². The average Bonchev–Trinajstić information content (AvgIpc) is 2.99. The number of thiophene rings is 1. The van der Waals surface area contributed by atoms with Crippen LogP contribution in [0.3, 0.4) is 0 Å². The highest BCUT2D eigenvalue weighted by molar-refractivity contribution is 7.14. The van der Waals surface area contributed by atoms with Crippen molar-refractivity contribution in [3.63, 3.8) is 0 Å². The number of aliphatic hydroxyl groups excluding tert-OH is 1. The Morgan fingerprint density at radius 3 is 2.91 bits per heavy atom. The van der Waals surface area contributed by atoms with Crippen LogP contribution in [0.5, 0.6) is 0 Å². The van der Waals surface area contributed by atoms with Crippen molar-refractivity contribution in [3.05, 3.63) is 57.3 Å². The van der Waals surface area contributed by atoms with Gasteiger partial charge in [0, 0.05) is 11.3 Å². The standard InChI is InChI=1S/C17H19NO3S/c19-10-14(8-12-4-2-1-3-5-12)18-17(20)16-9-13-11-21-7-6-15(13)22-16/h1-5,9,14,19H,6-8,10-11H2,(H,18,20). The first-order chi connectivity index (χ1) is 10.8. The lowest BCUT2D eigenvalue weighted by Gasteiger charge is -2.15. The minimum Gasteiger partial charge on any atom is -0.394 e. The molecule has 1 aromatic carbocycles. The second-order valence-electron chi connectivity index (χ2n) is 5.40. The average molecular weight is 317 g/mol. The summed E-state index contributed by atoms with van der Waals surface area (Å²) in [6.07, 6.45) is 1.50. The van der Waals surface area contributed by atoms with Crippen LogP contribution in [-0.4, -0.2) is 30.3 Å². The summed E-state index contributed by atoms with van der Waals surface area (Å²) in [6, 6.07) is 11.5. The van der Waals surface area contributed by atoms with Crippen LogP contribution >= 0.6 is 11.3 Å². The van der Waals surface area contributed by atoms with Gasteiger partial charge in [-0.25, -0.2) is 0 Å². The number of benzene rings is 1. The Kier molecular flexibility index (Phi) is 4.87. The number of hydrogen-bond acceptors (Lipinski definition) is 4. The van der Waals surface area contributed by atoms with Crippen LogP contribution in [0.15, 0.2) is 36.4 Å². The number of nitrogens with one attached hydrogen (secondary N) is 1. The van der Waals surface area contributed by atoms with E-state index in [1.54, 1.807) is 0 Å². The minimum atomic E-state index is -0.273. The predicted octanol–water partition coefficient (Wildman–Crippen LogP) is 2.15. The van der Waals surface area contributed by atoms with E-state index < -0.39 is 0 Å². The van der Waals surface area contributed by atoms with Crippen molar-refractivity contribution in [1.82, 2.24) is 5.32 Å². The van der Waals surface area contributed by atoms with Crippen molar-refractivity contribution >= 4 is 17.2 Å². The lowest BCUT2D eigenvalue weighted by Crippen LogP contribution is -2.38. The third-order valence-electron chi connectivity index (χ3n) is 3.73. The number of hydrogen-bond donors (Lipinski definition) is 2. The Labute approximate surface area is 133 Å². The van der Waals surface area contributed by atoms with Crippen molar-refractivity contribution < 1.29 is 14.6 Å². The molecule has 0 fully saturated rings. The van der Waals surface area contributed by atoms with E-state index in [0.717, 1.165) is 24.2 Å². The maximum absolute atomic E-state index is 12.4. The molecule has 3 rings (SSSR count). The fraction of sp³-hybridized carbons (Fsp3) is 0.353. The molecule has 0 saturated heterocycles. The first-order valence-electron chi connectivity index (χ1n) is 7.41. The number of rotatable bonds is 5. The zero-order valence-electron chi connectivity index (χ0n) is 12.2. The van der Waals surface area contributed by atoms with E-state index in [4.69, 9.17) is 4.74 Å². The molecule has 1 amide bonds. The normalized spacial score (nSPS) is 15.1. The fourth-order valence-electron chi connectivity index (χ4n) is 2.58. The summed E-state index contributed by atoms with van der Waals surface area (Å²) in [5, 5.41) is 12.4. The molecule has 1 aliphatic heterocycles. The van der Waals surface area contributed by atoms with E-state index in [1.165, 1.54) is 16.2 Å². The molecule has 2 heterocycles. The summed E-state index contributed by atoms with van der Waals surface area (Å²) in [6.45, 7) is 1.24. The molecule has 1 atom stereocenters. The summed E-state index contributed by atoms with van der Waals surface area (Å²) >= 11 is 1.53. The second kappa shape index (κ2) is 7.05. The van der Waals surface area contributed by atoms with Crippen LogP contribution < -0.4 is 5.32 Å². The lowest BCUT2D eigenvalue weighted by molar-refractivity contribution is 0.0920. The fourth-order valence-corrected chi connectivity index (χ4v) is 3.63. The molecule has 0 spiro atoms. The summed E-state index contributed by atoms with van der Waals surface area (Å²) in [7, 11) is 0. The van der Waals surface area contributed by atoms with Gasteiger partial charge in [-0.3, -0.25) is 4.79 Å². The molecule has 22 heavy (non-hydrogen) atoms. The molecule has 2 aromatic rings. The first-order valence-corrected chi connectivity index (χ1v) is 8.23. The van der Waals surface area contributed by atoms with Crippen molar-refractivity contribution in [2.45, 2.75) is 25.5 Å². The molecule has 5 heteroatoms. The number of fused-ring (bicyclic) bond motifs is 1. The summed E-state index contributed by atoms with van der Waals surface area (Å²) in [5.41, 5.74) is 2.21. The maximum atomic E-state index is 12.4. The van der Waals surface area contributed by atoms with Crippen molar-refractivity contribution in [2.24, 2.45) is 0 Å². The smallest absolute Gasteiger partial charge is 0.261 e. The van der Waals surface area contributed by atoms with Crippen molar-refractivity contribution in [1.29, 1.82) is 0 Å². The molecular formula is C17H19NO3S. The molecule has 1 unspecified atom stereocenters. The molecule has 4 nitrogen and oxygen atoms in total. The quantitative estimate of drug-likeness (QED) is 0.888. The number of ether oxygens (including phenoxy) is 1. The Bertz CT molecular complexity index is 615. The Morgan fingerprint density at radius 2 is 2.18 bits per heavy atom. The van der Waals surface area contributed by atoms with Crippen molar-refractivity contribution in [2.75, 3.05) is 13.2 Å². The monoisotopic (exact) mass is 317 g/mol. The third-order valence-corrected chi connectivity index (χ3v) is 4.97. The van der Waals surface area contributed by atoms with Gasteiger partial charge in [0.05, 0.1) is 30.7 Å². The molecule has 0 saturated carbocycles. The zero-order chi connectivity index (χ0) is 15.4. The van der Waals surface area contributed by atoms with Gasteiger partial charge in [0.25, 0.3) is 5.91 Å². The highest BCUT2D eigenvalue weighted by Crippen LogP contribution is 2.26.